The zero-order chi connectivity index (χ0) is 13.7. The Bertz CT molecular complexity index is 545. The van der Waals surface area contributed by atoms with Crippen LogP contribution in [0.2, 0.25) is 0 Å². The van der Waals surface area contributed by atoms with E-state index in [-0.39, 0.29) is 5.97 Å². The number of hydrogen-bond acceptors (Lipinski definition) is 7. The van der Waals surface area contributed by atoms with E-state index in [9.17, 15) is 4.79 Å². The van der Waals surface area contributed by atoms with Gasteiger partial charge in [-0.15, -0.1) is 10.2 Å². The van der Waals surface area contributed by atoms with Gasteiger partial charge in [0.05, 0.1) is 7.11 Å². The minimum atomic E-state index is -0.408. The number of ether oxygens (including phenoxy) is 1. The van der Waals surface area contributed by atoms with Gasteiger partial charge in [0.25, 0.3) is 0 Å². The summed E-state index contributed by atoms with van der Waals surface area (Å²) in [7, 11) is 1.40. The Morgan fingerprint density at radius 3 is 2.53 bits per heavy atom. The van der Waals surface area contributed by atoms with Gasteiger partial charge in [0, 0.05) is 0 Å². The molecule has 1 aromatic heterocycles. The maximum Gasteiger partial charge on any atom is 0.323 e. The molecule has 1 aromatic carbocycles. The fourth-order valence-electron chi connectivity index (χ4n) is 1.42. The maximum absolute atomic E-state index is 11.9. The van der Waals surface area contributed by atoms with Gasteiger partial charge in [0.2, 0.25) is 0 Å². The first kappa shape index (κ1) is 14.4. The number of rotatable bonds is 5. The topological polar surface area (TPSA) is 52.1 Å². The van der Waals surface area contributed by atoms with Crippen LogP contribution in [0.3, 0.4) is 0 Å². The van der Waals surface area contributed by atoms with Crippen molar-refractivity contribution >= 4 is 40.8 Å². The molecule has 100 valence electrons. The highest BCUT2D eigenvalue weighted by Gasteiger charge is 2.24. The zero-order valence-electron chi connectivity index (χ0n) is 10.4. The largest absolute Gasteiger partial charge is 0.468 e. The predicted molar refractivity (Wildman–Crippen MR) is 78.7 cm³/mol. The van der Waals surface area contributed by atoms with E-state index in [1.807, 2.05) is 36.6 Å². The molecule has 0 N–H and O–H groups in total. The van der Waals surface area contributed by atoms with Crippen molar-refractivity contribution in [3.8, 4) is 0 Å². The Labute approximate surface area is 124 Å². The first-order valence-corrected chi connectivity index (χ1v) is 8.33. The highest BCUT2D eigenvalue weighted by molar-refractivity contribution is 8.03. The Balaban J connectivity index is 2.21. The maximum atomic E-state index is 11.9. The highest BCUT2D eigenvalue weighted by atomic mass is 32.2. The van der Waals surface area contributed by atoms with Crippen LogP contribution in [-0.2, 0) is 9.53 Å². The molecule has 19 heavy (non-hydrogen) atoms. The second-order valence-corrected chi connectivity index (χ2v) is 6.85. The molecule has 1 atom stereocenters. The SMILES string of the molecule is COC(=O)C(Sc1nnc(SC)s1)c1ccccc1. The number of thioether (sulfide) groups is 2. The molecule has 0 spiro atoms. The predicted octanol–water partition coefficient (Wildman–Crippen LogP) is 3.27. The lowest BCUT2D eigenvalue weighted by molar-refractivity contribution is -0.140. The molecule has 2 aromatic rings. The smallest absolute Gasteiger partial charge is 0.323 e. The normalized spacial score (nSPS) is 12.1. The third-order valence-electron chi connectivity index (χ3n) is 2.30. The van der Waals surface area contributed by atoms with Gasteiger partial charge in [-0.3, -0.25) is 4.79 Å². The van der Waals surface area contributed by atoms with E-state index in [0.717, 1.165) is 14.2 Å². The third kappa shape index (κ3) is 3.71. The number of esters is 1. The van der Waals surface area contributed by atoms with E-state index in [1.54, 1.807) is 11.8 Å². The Morgan fingerprint density at radius 1 is 1.26 bits per heavy atom. The fraction of sp³-hybridized carbons (Fsp3) is 0.250. The van der Waals surface area contributed by atoms with Crippen LogP contribution in [0.1, 0.15) is 10.8 Å². The lowest BCUT2D eigenvalue weighted by Gasteiger charge is -2.12. The Hall–Kier alpha value is -1.05. The number of aromatic nitrogens is 2. The van der Waals surface area contributed by atoms with E-state index in [1.165, 1.54) is 30.2 Å². The molecule has 0 amide bonds. The molecule has 0 fully saturated rings. The lowest BCUT2D eigenvalue weighted by atomic mass is 10.1. The van der Waals surface area contributed by atoms with Crippen LogP contribution in [0.15, 0.2) is 39.0 Å². The minimum absolute atomic E-state index is 0.280. The van der Waals surface area contributed by atoms with Gasteiger partial charge < -0.3 is 4.74 Å². The first-order chi connectivity index (χ1) is 9.24. The van der Waals surface area contributed by atoms with Crippen molar-refractivity contribution in [2.24, 2.45) is 0 Å². The molecule has 0 aliphatic heterocycles. The molecule has 1 heterocycles. The molecule has 0 radical (unpaired) electrons. The average molecular weight is 312 g/mol. The summed E-state index contributed by atoms with van der Waals surface area (Å²) in [6.07, 6.45) is 1.95. The molecular weight excluding hydrogens is 300 g/mol. The molecule has 1 unspecified atom stereocenters. The molecule has 0 aliphatic carbocycles. The summed E-state index contributed by atoms with van der Waals surface area (Å²) >= 11 is 4.39. The van der Waals surface area contributed by atoms with Crippen molar-refractivity contribution in [3.05, 3.63) is 35.9 Å². The van der Waals surface area contributed by atoms with Crippen molar-refractivity contribution < 1.29 is 9.53 Å². The molecule has 2 rings (SSSR count). The number of carbonyl (C=O) groups is 1. The van der Waals surface area contributed by atoms with Gasteiger partial charge >= 0.3 is 5.97 Å². The standard InChI is InChI=1S/C12H12N2O2S3/c1-16-10(15)9(8-6-4-3-5-7-8)18-12-14-13-11(17-2)19-12/h3-7,9H,1-2H3. The average Bonchev–Trinajstić information content (AvgIpc) is 2.92. The van der Waals surface area contributed by atoms with Crippen LogP contribution in [-0.4, -0.2) is 29.5 Å². The quantitative estimate of drug-likeness (QED) is 0.624. The number of benzene rings is 1. The summed E-state index contributed by atoms with van der Waals surface area (Å²) in [6, 6.07) is 9.54. The van der Waals surface area contributed by atoms with Crippen LogP contribution in [0, 0.1) is 0 Å². The van der Waals surface area contributed by atoms with Crippen LogP contribution < -0.4 is 0 Å². The molecule has 0 bridgehead atoms. The van der Waals surface area contributed by atoms with Gasteiger partial charge in [-0.2, -0.15) is 0 Å². The summed E-state index contributed by atoms with van der Waals surface area (Å²) in [4.78, 5) is 11.9. The Kier molecular flexibility index (Phi) is 5.24. The Morgan fingerprint density at radius 2 is 1.95 bits per heavy atom. The second-order valence-electron chi connectivity index (χ2n) is 3.47. The fourth-order valence-corrected chi connectivity index (χ4v) is 4.07. The first-order valence-electron chi connectivity index (χ1n) is 5.41. The van der Waals surface area contributed by atoms with Gasteiger partial charge in [-0.25, -0.2) is 0 Å². The van der Waals surface area contributed by atoms with E-state index in [2.05, 4.69) is 10.2 Å². The summed E-state index contributed by atoms with van der Waals surface area (Å²) in [5, 5.41) is 7.69. The van der Waals surface area contributed by atoms with Crippen molar-refractivity contribution in [1.82, 2.24) is 10.2 Å². The number of carbonyl (C=O) groups excluding carboxylic acids is 1. The number of nitrogens with zero attached hydrogens (tertiary/aromatic N) is 2. The molecule has 4 nitrogen and oxygen atoms in total. The van der Waals surface area contributed by atoms with Gasteiger partial charge in [0.15, 0.2) is 8.68 Å². The van der Waals surface area contributed by atoms with Gasteiger partial charge in [0.1, 0.15) is 5.25 Å². The molecule has 7 heteroatoms. The van der Waals surface area contributed by atoms with Crippen molar-refractivity contribution in [2.45, 2.75) is 13.9 Å². The van der Waals surface area contributed by atoms with Gasteiger partial charge in [-0.1, -0.05) is 65.2 Å². The summed E-state index contributed by atoms with van der Waals surface area (Å²) in [5.74, 6) is -0.280. The molecule has 0 saturated heterocycles. The van der Waals surface area contributed by atoms with E-state index in [4.69, 9.17) is 4.74 Å². The molecule has 0 aliphatic rings. The summed E-state index contributed by atoms with van der Waals surface area (Å²) < 4.78 is 6.52. The lowest BCUT2D eigenvalue weighted by Crippen LogP contribution is -2.10. The van der Waals surface area contributed by atoms with Crippen LogP contribution >= 0.6 is 34.9 Å². The third-order valence-corrected chi connectivity index (χ3v) is 5.51. The van der Waals surface area contributed by atoms with Crippen molar-refractivity contribution in [3.63, 3.8) is 0 Å². The van der Waals surface area contributed by atoms with Crippen molar-refractivity contribution in [1.29, 1.82) is 0 Å². The van der Waals surface area contributed by atoms with Crippen LogP contribution in [0.25, 0.3) is 0 Å². The van der Waals surface area contributed by atoms with Crippen LogP contribution in [0.4, 0.5) is 0 Å². The number of hydrogen-bond donors (Lipinski definition) is 0. The van der Waals surface area contributed by atoms with E-state index in [0.29, 0.717) is 0 Å². The summed E-state index contributed by atoms with van der Waals surface area (Å²) in [5.41, 5.74) is 0.903. The zero-order valence-corrected chi connectivity index (χ0v) is 12.8. The second kappa shape index (κ2) is 6.93. The monoisotopic (exact) mass is 312 g/mol. The molecular formula is C12H12N2O2S3. The highest BCUT2D eigenvalue weighted by Crippen LogP contribution is 2.38. The van der Waals surface area contributed by atoms with Crippen LogP contribution in [0.5, 0.6) is 0 Å². The summed E-state index contributed by atoms with van der Waals surface area (Å²) in [6.45, 7) is 0. The minimum Gasteiger partial charge on any atom is -0.468 e. The van der Waals surface area contributed by atoms with Gasteiger partial charge in [-0.05, 0) is 11.8 Å². The van der Waals surface area contributed by atoms with Crippen molar-refractivity contribution in [2.75, 3.05) is 13.4 Å². The van der Waals surface area contributed by atoms with E-state index >= 15 is 0 Å². The molecule has 0 saturated carbocycles. The number of methoxy groups -OCH3 is 1. The van der Waals surface area contributed by atoms with E-state index < -0.39 is 5.25 Å².